The molecule has 1 atom stereocenters. The topological polar surface area (TPSA) is 86.8 Å². The minimum absolute atomic E-state index is 0.00364. The molecule has 3 rings (SSSR count). The van der Waals surface area contributed by atoms with E-state index in [9.17, 15) is 18.0 Å². The number of nitrogens with one attached hydrogen (secondary N) is 1. The summed E-state index contributed by atoms with van der Waals surface area (Å²) in [6.07, 6.45) is 0.708. The molecule has 1 N–H and O–H groups in total. The Morgan fingerprint density at radius 2 is 1.56 bits per heavy atom. The van der Waals surface area contributed by atoms with Crippen molar-refractivity contribution in [3.8, 4) is 0 Å². The first-order chi connectivity index (χ1) is 18.5. The molecule has 0 unspecified atom stereocenters. The number of carbonyl (C=O) groups is 2. The summed E-state index contributed by atoms with van der Waals surface area (Å²) in [5.41, 5.74) is 1.40. The van der Waals surface area contributed by atoms with Crippen molar-refractivity contribution in [1.29, 1.82) is 0 Å². The predicted molar refractivity (Wildman–Crippen MR) is 157 cm³/mol. The van der Waals surface area contributed by atoms with Crippen LogP contribution in [0, 0.1) is 6.92 Å². The van der Waals surface area contributed by atoms with E-state index in [1.54, 1.807) is 62.4 Å². The van der Waals surface area contributed by atoms with E-state index in [1.165, 1.54) is 23.1 Å². The number of aryl methyl sites for hydroxylation is 1. The number of carbonyl (C=O) groups excluding carboxylic acids is 2. The fourth-order valence-electron chi connectivity index (χ4n) is 3.82. The summed E-state index contributed by atoms with van der Waals surface area (Å²) in [5.74, 6) is -1.01. The van der Waals surface area contributed by atoms with Gasteiger partial charge in [-0.3, -0.25) is 13.9 Å². The Morgan fingerprint density at radius 3 is 2.15 bits per heavy atom. The number of amides is 2. The van der Waals surface area contributed by atoms with Crippen LogP contribution in [0.2, 0.25) is 15.1 Å². The number of benzene rings is 3. The molecule has 3 aromatic rings. The van der Waals surface area contributed by atoms with Gasteiger partial charge in [-0.25, -0.2) is 8.42 Å². The minimum atomic E-state index is -4.19. The Morgan fingerprint density at radius 1 is 0.923 bits per heavy atom. The molecule has 3 aromatic carbocycles. The summed E-state index contributed by atoms with van der Waals surface area (Å²) in [4.78, 5) is 28.2. The molecule has 0 saturated heterocycles. The summed E-state index contributed by atoms with van der Waals surface area (Å²) < 4.78 is 28.6. The Labute approximate surface area is 244 Å². The van der Waals surface area contributed by atoms with Crippen LogP contribution in [0.4, 0.5) is 5.69 Å². The lowest BCUT2D eigenvalue weighted by Crippen LogP contribution is -2.51. The van der Waals surface area contributed by atoms with Crippen LogP contribution in [0.25, 0.3) is 0 Å². The van der Waals surface area contributed by atoms with Gasteiger partial charge in [0.1, 0.15) is 12.6 Å². The minimum Gasteiger partial charge on any atom is -0.354 e. The summed E-state index contributed by atoms with van der Waals surface area (Å²) in [6, 6.07) is 16.5. The van der Waals surface area contributed by atoms with Crippen molar-refractivity contribution >= 4 is 62.3 Å². The zero-order chi connectivity index (χ0) is 28.7. The van der Waals surface area contributed by atoms with Gasteiger partial charge in [0.25, 0.3) is 10.0 Å². The molecule has 0 heterocycles. The molecule has 0 aliphatic heterocycles. The SMILES string of the molecule is CCCNC(=O)[C@H](C)N(Cc1c(Cl)cccc1Cl)C(=O)CN(c1ccc(C)c(Cl)c1)S(=O)(=O)c1ccccc1. The van der Waals surface area contributed by atoms with E-state index < -0.39 is 28.5 Å². The number of halogens is 3. The second-order valence-corrected chi connectivity index (χ2v) is 12.0. The molecule has 0 aliphatic carbocycles. The van der Waals surface area contributed by atoms with Crippen LogP contribution in [0.1, 0.15) is 31.4 Å². The molecule has 0 spiro atoms. The Kier molecular flexibility index (Phi) is 10.7. The molecule has 0 saturated carbocycles. The molecular weight excluding hydrogens is 581 g/mol. The van der Waals surface area contributed by atoms with Crippen LogP contribution < -0.4 is 9.62 Å². The van der Waals surface area contributed by atoms with Crippen LogP contribution in [-0.4, -0.2) is 44.3 Å². The summed E-state index contributed by atoms with van der Waals surface area (Å²) >= 11 is 19.1. The molecule has 7 nitrogen and oxygen atoms in total. The highest BCUT2D eigenvalue weighted by Crippen LogP contribution is 2.30. The first-order valence-corrected chi connectivity index (χ1v) is 14.9. The molecule has 2 amide bonds. The van der Waals surface area contributed by atoms with E-state index in [2.05, 4.69) is 5.32 Å². The van der Waals surface area contributed by atoms with Crippen molar-refractivity contribution in [1.82, 2.24) is 10.2 Å². The molecule has 0 radical (unpaired) electrons. The van der Waals surface area contributed by atoms with E-state index in [1.807, 2.05) is 6.92 Å². The highest BCUT2D eigenvalue weighted by molar-refractivity contribution is 7.92. The van der Waals surface area contributed by atoms with Gasteiger partial charge < -0.3 is 10.2 Å². The second-order valence-electron chi connectivity index (χ2n) is 8.95. The van der Waals surface area contributed by atoms with Gasteiger partial charge >= 0.3 is 0 Å². The maximum Gasteiger partial charge on any atom is 0.264 e. The van der Waals surface area contributed by atoms with Crippen molar-refractivity contribution in [2.45, 2.75) is 44.7 Å². The third-order valence-electron chi connectivity index (χ3n) is 6.16. The van der Waals surface area contributed by atoms with Gasteiger partial charge in [-0.15, -0.1) is 0 Å². The normalized spacial score (nSPS) is 12.1. The first-order valence-electron chi connectivity index (χ1n) is 12.3. The maximum atomic E-state index is 13.9. The van der Waals surface area contributed by atoms with Gasteiger partial charge in [-0.05, 0) is 62.2 Å². The number of hydrogen-bond donors (Lipinski definition) is 1. The first kappa shape index (κ1) is 30.8. The van der Waals surface area contributed by atoms with Gasteiger partial charge in [0.05, 0.1) is 10.6 Å². The molecule has 11 heteroatoms. The Bertz CT molecular complexity index is 1410. The zero-order valence-electron chi connectivity index (χ0n) is 21.8. The fourth-order valence-corrected chi connectivity index (χ4v) is 5.94. The fraction of sp³-hybridized carbons (Fsp3) is 0.286. The maximum absolute atomic E-state index is 13.9. The molecule has 208 valence electrons. The van der Waals surface area contributed by atoms with Crippen LogP contribution in [-0.2, 0) is 26.2 Å². The highest BCUT2D eigenvalue weighted by atomic mass is 35.5. The molecule has 0 bridgehead atoms. The van der Waals surface area contributed by atoms with Crippen molar-refractivity contribution in [2.75, 3.05) is 17.4 Å². The third kappa shape index (κ3) is 7.45. The van der Waals surface area contributed by atoms with Crippen molar-refractivity contribution < 1.29 is 18.0 Å². The molecule has 0 aromatic heterocycles. The Hall–Kier alpha value is -2.78. The number of sulfonamides is 1. The molecule has 39 heavy (non-hydrogen) atoms. The number of hydrogen-bond acceptors (Lipinski definition) is 4. The van der Waals surface area contributed by atoms with Gasteiger partial charge in [0.2, 0.25) is 11.8 Å². The van der Waals surface area contributed by atoms with Gasteiger partial charge in [0, 0.05) is 33.7 Å². The monoisotopic (exact) mass is 609 g/mol. The lowest BCUT2D eigenvalue weighted by atomic mass is 10.1. The van der Waals surface area contributed by atoms with Crippen molar-refractivity contribution in [2.24, 2.45) is 0 Å². The van der Waals surface area contributed by atoms with Crippen molar-refractivity contribution in [3.05, 3.63) is 92.9 Å². The largest absolute Gasteiger partial charge is 0.354 e. The summed E-state index contributed by atoms with van der Waals surface area (Å²) in [6.45, 7) is 5.01. The number of nitrogens with zero attached hydrogens (tertiary/aromatic N) is 2. The summed E-state index contributed by atoms with van der Waals surface area (Å²) in [7, 11) is -4.19. The van der Waals surface area contributed by atoms with E-state index in [0.29, 0.717) is 33.6 Å². The average Bonchev–Trinajstić information content (AvgIpc) is 2.91. The van der Waals surface area contributed by atoms with Crippen LogP contribution >= 0.6 is 34.8 Å². The lowest BCUT2D eigenvalue weighted by molar-refractivity contribution is -0.139. The lowest BCUT2D eigenvalue weighted by Gasteiger charge is -2.32. The van der Waals surface area contributed by atoms with E-state index >= 15 is 0 Å². The van der Waals surface area contributed by atoms with Crippen LogP contribution in [0.5, 0.6) is 0 Å². The van der Waals surface area contributed by atoms with Gasteiger partial charge in [-0.2, -0.15) is 0 Å². The summed E-state index contributed by atoms with van der Waals surface area (Å²) in [5, 5.41) is 3.78. The molecule has 0 fully saturated rings. The van der Waals surface area contributed by atoms with Crippen molar-refractivity contribution in [3.63, 3.8) is 0 Å². The van der Waals surface area contributed by atoms with Gasteiger partial charge in [0.15, 0.2) is 0 Å². The van der Waals surface area contributed by atoms with E-state index in [0.717, 1.165) is 9.87 Å². The average molecular weight is 611 g/mol. The predicted octanol–water partition coefficient (Wildman–Crippen LogP) is 6.09. The van der Waals surface area contributed by atoms with Gasteiger partial charge in [-0.1, -0.05) is 72.1 Å². The second kappa shape index (κ2) is 13.5. The molecular formula is C28H30Cl3N3O4S. The van der Waals surface area contributed by atoms with Crippen LogP contribution in [0.15, 0.2) is 71.6 Å². The van der Waals surface area contributed by atoms with E-state index in [-0.39, 0.29) is 23.0 Å². The van der Waals surface area contributed by atoms with Crippen LogP contribution in [0.3, 0.4) is 0 Å². The number of anilines is 1. The standard InChI is InChI=1S/C28H30Cl3N3O4S/c1-4-15-32-28(36)20(3)33(17-23-24(29)11-8-12-25(23)30)27(35)18-34(21-14-13-19(2)26(31)16-21)39(37,38)22-9-6-5-7-10-22/h5-14,16,20H,4,15,17-18H2,1-3H3,(H,32,36)/t20-/m0/s1. The molecule has 0 aliphatic rings. The quantitative estimate of drug-likeness (QED) is 0.285. The highest BCUT2D eigenvalue weighted by Gasteiger charge is 2.33. The van der Waals surface area contributed by atoms with E-state index in [4.69, 9.17) is 34.8 Å². The Balaban J connectivity index is 2.07. The third-order valence-corrected chi connectivity index (χ3v) is 9.06. The number of rotatable bonds is 11. The zero-order valence-corrected chi connectivity index (χ0v) is 24.9. The smallest absolute Gasteiger partial charge is 0.264 e.